The molecule has 1 heterocycles. The van der Waals surface area contributed by atoms with Crippen molar-refractivity contribution in [1.82, 2.24) is 9.97 Å². The van der Waals surface area contributed by atoms with Gasteiger partial charge in [0.05, 0.1) is 23.6 Å². The molecule has 1 aromatic carbocycles. The molecule has 1 atom stereocenters. The van der Waals surface area contributed by atoms with Crippen LogP contribution in [0.15, 0.2) is 30.6 Å². The summed E-state index contributed by atoms with van der Waals surface area (Å²) in [4.78, 5) is 8.01. The number of aryl methyl sites for hydroxylation is 1. The van der Waals surface area contributed by atoms with Crippen LogP contribution < -0.4 is 5.73 Å². The summed E-state index contributed by atoms with van der Waals surface area (Å²) in [6.45, 7) is 1.77. The van der Waals surface area contributed by atoms with Crippen LogP contribution in [-0.4, -0.2) is 9.97 Å². The van der Waals surface area contributed by atoms with E-state index in [2.05, 4.69) is 9.97 Å². The van der Waals surface area contributed by atoms with Crippen molar-refractivity contribution >= 4 is 0 Å². The summed E-state index contributed by atoms with van der Waals surface area (Å²) in [5.41, 5.74) is 6.65. The van der Waals surface area contributed by atoms with Gasteiger partial charge in [-0.15, -0.1) is 0 Å². The summed E-state index contributed by atoms with van der Waals surface area (Å²) < 4.78 is 27.0. The topological polar surface area (TPSA) is 51.8 Å². The lowest BCUT2D eigenvalue weighted by atomic mass is 10.0. The van der Waals surface area contributed by atoms with E-state index in [4.69, 9.17) is 5.73 Å². The Hall–Kier alpha value is -1.88. The molecule has 2 rings (SSSR count). The Bertz CT molecular complexity index is 506. The van der Waals surface area contributed by atoms with Crippen molar-refractivity contribution in [2.75, 3.05) is 0 Å². The Morgan fingerprint density at radius 1 is 1.12 bits per heavy atom. The van der Waals surface area contributed by atoms with E-state index in [9.17, 15) is 8.78 Å². The molecule has 0 aliphatic heterocycles. The van der Waals surface area contributed by atoms with E-state index in [-0.39, 0.29) is 5.56 Å². The molecule has 0 saturated heterocycles. The molecular weight excluding hydrogens is 224 g/mol. The highest BCUT2D eigenvalue weighted by atomic mass is 19.1. The molecule has 0 saturated carbocycles. The molecule has 0 aliphatic rings. The van der Waals surface area contributed by atoms with Crippen molar-refractivity contribution in [3.63, 3.8) is 0 Å². The first-order chi connectivity index (χ1) is 8.09. The second kappa shape index (κ2) is 4.55. The van der Waals surface area contributed by atoms with Crippen LogP contribution in [0.3, 0.4) is 0 Å². The minimum absolute atomic E-state index is 0.189. The van der Waals surface area contributed by atoms with E-state index in [0.29, 0.717) is 5.69 Å². The van der Waals surface area contributed by atoms with Gasteiger partial charge in [0.2, 0.25) is 0 Å². The van der Waals surface area contributed by atoms with Crippen LogP contribution in [0.5, 0.6) is 0 Å². The van der Waals surface area contributed by atoms with Gasteiger partial charge in [0.25, 0.3) is 0 Å². The first-order valence-electron chi connectivity index (χ1n) is 5.07. The van der Waals surface area contributed by atoms with E-state index in [1.165, 1.54) is 30.6 Å². The molecule has 1 aromatic heterocycles. The van der Waals surface area contributed by atoms with Crippen LogP contribution in [-0.2, 0) is 0 Å². The predicted molar refractivity (Wildman–Crippen MR) is 59.2 cm³/mol. The van der Waals surface area contributed by atoms with Gasteiger partial charge in [-0.25, -0.2) is 8.78 Å². The van der Waals surface area contributed by atoms with Gasteiger partial charge < -0.3 is 5.73 Å². The minimum atomic E-state index is -0.954. The second-order valence-corrected chi connectivity index (χ2v) is 3.70. The number of halogens is 2. The standard InChI is InChI=1S/C12H11F2N3/c1-7-5-17-10(6-16-7)12(15)11-8(13)3-2-4-9(11)14/h2-6,12H,15H2,1H3. The van der Waals surface area contributed by atoms with Crippen LogP contribution in [0.1, 0.15) is 23.0 Å². The van der Waals surface area contributed by atoms with E-state index in [1.54, 1.807) is 6.92 Å². The number of benzene rings is 1. The van der Waals surface area contributed by atoms with Gasteiger partial charge in [-0.3, -0.25) is 9.97 Å². The Morgan fingerprint density at radius 3 is 2.29 bits per heavy atom. The fourth-order valence-electron chi connectivity index (χ4n) is 1.52. The molecule has 0 aliphatic carbocycles. The summed E-state index contributed by atoms with van der Waals surface area (Å²) in [7, 11) is 0. The zero-order valence-electron chi connectivity index (χ0n) is 9.19. The molecule has 0 spiro atoms. The fraction of sp³-hybridized carbons (Fsp3) is 0.167. The van der Waals surface area contributed by atoms with Gasteiger partial charge in [-0.2, -0.15) is 0 Å². The van der Waals surface area contributed by atoms with Gasteiger partial charge in [-0.1, -0.05) is 6.07 Å². The van der Waals surface area contributed by atoms with Crippen molar-refractivity contribution in [1.29, 1.82) is 0 Å². The molecule has 0 amide bonds. The van der Waals surface area contributed by atoms with Crippen LogP contribution in [0.2, 0.25) is 0 Å². The lowest BCUT2D eigenvalue weighted by Gasteiger charge is -2.12. The Labute approximate surface area is 97.3 Å². The summed E-state index contributed by atoms with van der Waals surface area (Å²) in [5.74, 6) is -1.36. The molecular formula is C12H11F2N3. The highest BCUT2D eigenvalue weighted by Crippen LogP contribution is 2.23. The second-order valence-electron chi connectivity index (χ2n) is 3.70. The maximum absolute atomic E-state index is 13.5. The van der Waals surface area contributed by atoms with Crippen molar-refractivity contribution < 1.29 is 8.78 Å². The maximum atomic E-state index is 13.5. The highest BCUT2D eigenvalue weighted by molar-refractivity contribution is 5.29. The third-order valence-corrected chi connectivity index (χ3v) is 2.43. The average molecular weight is 235 g/mol. The number of nitrogens with zero attached hydrogens (tertiary/aromatic N) is 2. The third kappa shape index (κ3) is 2.29. The van der Waals surface area contributed by atoms with Gasteiger partial charge in [-0.05, 0) is 19.1 Å². The molecule has 5 heteroatoms. The third-order valence-electron chi connectivity index (χ3n) is 2.43. The smallest absolute Gasteiger partial charge is 0.131 e. The van der Waals surface area contributed by atoms with E-state index in [0.717, 1.165) is 5.69 Å². The van der Waals surface area contributed by atoms with Gasteiger partial charge in [0.1, 0.15) is 11.6 Å². The molecule has 1 unspecified atom stereocenters. The zero-order chi connectivity index (χ0) is 12.4. The SMILES string of the molecule is Cc1cnc(C(N)c2c(F)cccc2F)cn1. The van der Waals surface area contributed by atoms with Crippen LogP contribution in [0.25, 0.3) is 0 Å². The molecule has 2 N–H and O–H groups in total. The van der Waals surface area contributed by atoms with Crippen LogP contribution in [0.4, 0.5) is 8.78 Å². The highest BCUT2D eigenvalue weighted by Gasteiger charge is 2.19. The first kappa shape index (κ1) is 11.6. The Kier molecular flexibility index (Phi) is 3.10. The van der Waals surface area contributed by atoms with Crippen molar-refractivity contribution in [2.45, 2.75) is 13.0 Å². The van der Waals surface area contributed by atoms with Gasteiger partial charge in [0.15, 0.2) is 0 Å². The van der Waals surface area contributed by atoms with Crippen molar-refractivity contribution in [3.8, 4) is 0 Å². The molecule has 2 aromatic rings. The number of hydrogen-bond donors (Lipinski definition) is 1. The van der Waals surface area contributed by atoms with E-state index >= 15 is 0 Å². The van der Waals surface area contributed by atoms with Crippen molar-refractivity contribution in [2.24, 2.45) is 5.73 Å². The number of rotatable bonds is 2. The summed E-state index contributed by atoms with van der Waals surface area (Å²) in [6, 6.07) is 2.67. The summed E-state index contributed by atoms with van der Waals surface area (Å²) in [6.07, 6.45) is 2.93. The lowest BCUT2D eigenvalue weighted by molar-refractivity contribution is 0.540. The maximum Gasteiger partial charge on any atom is 0.131 e. The number of aromatic nitrogens is 2. The molecule has 17 heavy (non-hydrogen) atoms. The van der Waals surface area contributed by atoms with E-state index in [1.807, 2.05) is 0 Å². The Balaban J connectivity index is 2.43. The molecule has 0 radical (unpaired) electrons. The van der Waals surface area contributed by atoms with E-state index < -0.39 is 17.7 Å². The molecule has 0 bridgehead atoms. The molecule has 3 nitrogen and oxygen atoms in total. The summed E-state index contributed by atoms with van der Waals surface area (Å²) >= 11 is 0. The van der Waals surface area contributed by atoms with Gasteiger partial charge >= 0.3 is 0 Å². The van der Waals surface area contributed by atoms with Crippen LogP contribution >= 0.6 is 0 Å². The summed E-state index contributed by atoms with van der Waals surface area (Å²) in [5, 5.41) is 0. The quantitative estimate of drug-likeness (QED) is 0.867. The monoisotopic (exact) mass is 235 g/mol. The van der Waals surface area contributed by atoms with Crippen molar-refractivity contribution in [3.05, 3.63) is 59.2 Å². The largest absolute Gasteiger partial charge is 0.319 e. The lowest BCUT2D eigenvalue weighted by Crippen LogP contribution is -2.17. The van der Waals surface area contributed by atoms with Crippen LogP contribution in [0, 0.1) is 18.6 Å². The number of hydrogen-bond acceptors (Lipinski definition) is 3. The fourth-order valence-corrected chi connectivity index (χ4v) is 1.52. The zero-order valence-corrected chi connectivity index (χ0v) is 9.19. The molecule has 88 valence electrons. The molecule has 0 fully saturated rings. The number of nitrogens with two attached hydrogens (primary N) is 1. The predicted octanol–water partition coefficient (Wildman–Crippen LogP) is 2.11. The normalized spacial score (nSPS) is 12.5. The first-order valence-corrected chi connectivity index (χ1v) is 5.07. The Morgan fingerprint density at radius 2 is 1.76 bits per heavy atom. The van der Waals surface area contributed by atoms with Gasteiger partial charge in [0, 0.05) is 11.8 Å². The minimum Gasteiger partial charge on any atom is -0.319 e. The average Bonchev–Trinajstić information content (AvgIpc) is 2.29.